The highest BCUT2D eigenvalue weighted by Gasteiger charge is 2.28. The highest BCUT2D eigenvalue weighted by Crippen LogP contribution is 2.31. The topological polar surface area (TPSA) is 38.3 Å². The van der Waals surface area contributed by atoms with Crippen LogP contribution in [-0.2, 0) is 0 Å². The highest BCUT2D eigenvalue weighted by molar-refractivity contribution is 7.12. The smallest absolute Gasteiger partial charge is 0.216 e. The number of ether oxygens (including phenoxy) is 1. The lowest BCUT2D eigenvalue weighted by Crippen LogP contribution is -2.37. The van der Waals surface area contributed by atoms with Gasteiger partial charge >= 0.3 is 0 Å². The molecule has 1 aromatic carbocycles. The standard InChI is InChI=1S/C13H10ClNO2S/c14-8-5-6-18-13(8)12(16)11-7-15-9-3-1-2-4-10(9)17-11/h1-6,11,15H,7H2. The van der Waals surface area contributed by atoms with Gasteiger partial charge in [-0.3, -0.25) is 4.79 Å². The van der Waals surface area contributed by atoms with E-state index in [-0.39, 0.29) is 5.78 Å². The Hall–Kier alpha value is -1.52. The summed E-state index contributed by atoms with van der Waals surface area (Å²) in [6.07, 6.45) is -0.518. The van der Waals surface area contributed by atoms with Crippen LogP contribution in [-0.4, -0.2) is 18.4 Å². The quantitative estimate of drug-likeness (QED) is 0.856. The zero-order chi connectivity index (χ0) is 12.5. The van der Waals surface area contributed by atoms with Gasteiger partial charge < -0.3 is 10.1 Å². The van der Waals surface area contributed by atoms with Gasteiger partial charge in [0.1, 0.15) is 5.75 Å². The third-order valence-electron chi connectivity index (χ3n) is 2.77. The molecule has 3 nitrogen and oxygen atoms in total. The van der Waals surface area contributed by atoms with Gasteiger partial charge in [0.25, 0.3) is 0 Å². The maximum Gasteiger partial charge on any atom is 0.216 e. The van der Waals surface area contributed by atoms with Crippen molar-refractivity contribution in [2.45, 2.75) is 6.10 Å². The number of nitrogens with one attached hydrogen (secondary N) is 1. The first-order valence-electron chi connectivity index (χ1n) is 5.52. The maximum absolute atomic E-state index is 12.3. The number of halogens is 1. The first kappa shape index (κ1) is 11.6. The number of fused-ring (bicyclic) bond motifs is 1. The number of para-hydroxylation sites is 2. The Bertz CT molecular complexity index is 596. The van der Waals surface area contributed by atoms with Crippen molar-refractivity contribution in [1.29, 1.82) is 0 Å². The molecule has 1 unspecified atom stereocenters. The van der Waals surface area contributed by atoms with Crippen molar-refractivity contribution >= 4 is 34.4 Å². The fourth-order valence-corrected chi connectivity index (χ4v) is 3.01. The number of carbonyl (C=O) groups is 1. The summed E-state index contributed by atoms with van der Waals surface area (Å²) in [5.41, 5.74) is 0.916. The summed E-state index contributed by atoms with van der Waals surface area (Å²) < 4.78 is 5.71. The van der Waals surface area contributed by atoms with Crippen LogP contribution >= 0.6 is 22.9 Å². The molecule has 1 atom stereocenters. The Kier molecular flexibility index (Phi) is 2.97. The van der Waals surface area contributed by atoms with E-state index in [9.17, 15) is 4.79 Å². The van der Waals surface area contributed by atoms with Gasteiger partial charge in [0.2, 0.25) is 5.78 Å². The van der Waals surface area contributed by atoms with Gasteiger partial charge in [0.15, 0.2) is 6.10 Å². The summed E-state index contributed by atoms with van der Waals surface area (Å²) in [5.74, 6) is 0.631. The van der Waals surface area contributed by atoms with Crippen molar-refractivity contribution in [1.82, 2.24) is 0 Å². The fraction of sp³-hybridized carbons (Fsp3) is 0.154. The minimum Gasteiger partial charge on any atom is -0.478 e. The molecule has 0 amide bonds. The molecule has 3 rings (SSSR count). The predicted molar refractivity (Wildman–Crippen MR) is 73.0 cm³/mol. The molecule has 0 fully saturated rings. The van der Waals surface area contributed by atoms with Gasteiger partial charge in [0, 0.05) is 0 Å². The number of hydrogen-bond acceptors (Lipinski definition) is 4. The molecule has 18 heavy (non-hydrogen) atoms. The maximum atomic E-state index is 12.3. The van der Waals surface area contributed by atoms with Crippen molar-refractivity contribution in [3.63, 3.8) is 0 Å². The summed E-state index contributed by atoms with van der Waals surface area (Å²) in [6.45, 7) is 0.462. The zero-order valence-electron chi connectivity index (χ0n) is 9.35. The average Bonchev–Trinajstić information content (AvgIpc) is 2.83. The molecule has 2 heterocycles. The van der Waals surface area contributed by atoms with Crippen LogP contribution in [0.25, 0.3) is 0 Å². The second-order valence-corrected chi connectivity index (χ2v) is 5.27. The molecular weight excluding hydrogens is 270 g/mol. The van der Waals surface area contributed by atoms with Crippen LogP contribution in [0.1, 0.15) is 9.67 Å². The van der Waals surface area contributed by atoms with Crippen LogP contribution < -0.4 is 10.1 Å². The minimum absolute atomic E-state index is 0.0722. The molecule has 1 aromatic heterocycles. The summed E-state index contributed by atoms with van der Waals surface area (Å²) in [6, 6.07) is 9.30. The van der Waals surface area contributed by atoms with Crippen LogP contribution in [0.5, 0.6) is 5.75 Å². The number of anilines is 1. The molecule has 1 aliphatic rings. The van der Waals surface area contributed by atoms with Crippen LogP contribution in [0.2, 0.25) is 5.02 Å². The lowest BCUT2D eigenvalue weighted by molar-refractivity contribution is 0.0806. The van der Waals surface area contributed by atoms with E-state index >= 15 is 0 Å². The third-order valence-corrected chi connectivity index (χ3v) is 4.12. The average molecular weight is 280 g/mol. The molecule has 92 valence electrons. The highest BCUT2D eigenvalue weighted by atomic mass is 35.5. The molecular formula is C13H10ClNO2S. The van der Waals surface area contributed by atoms with E-state index in [4.69, 9.17) is 16.3 Å². The van der Waals surface area contributed by atoms with Gasteiger partial charge in [0.05, 0.1) is 22.1 Å². The Morgan fingerprint density at radius 3 is 3.00 bits per heavy atom. The van der Waals surface area contributed by atoms with Crippen LogP contribution in [0, 0.1) is 0 Å². The van der Waals surface area contributed by atoms with E-state index in [1.165, 1.54) is 11.3 Å². The molecule has 0 bridgehead atoms. The number of ketones is 1. The third kappa shape index (κ3) is 1.98. The Balaban J connectivity index is 1.84. The number of thiophene rings is 1. The molecule has 0 saturated carbocycles. The number of carbonyl (C=O) groups excluding carboxylic acids is 1. The van der Waals surface area contributed by atoms with E-state index in [0.717, 1.165) is 5.69 Å². The molecule has 5 heteroatoms. The number of rotatable bonds is 2. The molecule has 0 saturated heterocycles. The van der Waals surface area contributed by atoms with Crippen molar-refractivity contribution < 1.29 is 9.53 Å². The molecule has 2 aromatic rings. The molecule has 0 spiro atoms. The number of benzene rings is 1. The predicted octanol–water partition coefficient (Wildman–Crippen LogP) is 3.46. The van der Waals surface area contributed by atoms with Gasteiger partial charge in [-0.1, -0.05) is 23.7 Å². The molecule has 0 aliphatic carbocycles. The second-order valence-electron chi connectivity index (χ2n) is 3.95. The molecule has 1 aliphatic heterocycles. The first-order valence-corrected chi connectivity index (χ1v) is 6.78. The summed E-state index contributed by atoms with van der Waals surface area (Å²) >= 11 is 7.31. The second kappa shape index (κ2) is 4.63. The number of hydrogen-bond donors (Lipinski definition) is 1. The van der Waals surface area contributed by atoms with Gasteiger partial charge in [-0.05, 0) is 23.6 Å². The van der Waals surface area contributed by atoms with Crippen molar-refractivity contribution in [2.24, 2.45) is 0 Å². The van der Waals surface area contributed by atoms with Crippen molar-refractivity contribution in [2.75, 3.05) is 11.9 Å². The number of Topliss-reactive ketones (excluding diaryl/α,β-unsaturated/α-hetero) is 1. The van der Waals surface area contributed by atoms with E-state index in [1.807, 2.05) is 24.3 Å². The van der Waals surface area contributed by atoms with Crippen LogP contribution in [0.4, 0.5) is 5.69 Å². The Labute approximate surface area is 113 Å². The summed E-state index contributed by atoms with van der Waals surface area (Å²) in [5, 5.41) is 5.49. The van der Waals surface area contributed by atoms with Crippen LogP contribution in [0.15, 0.2) is 35.7 Å². The fourth-order valence-electron chi connectivity index (χ4n) is 1.88. The lowest BCUT2D eigenvalue weighted by atomic mass is 10.1. The van der Waals surface area contributed by atoms with Crippen LogP contribution in [0.3, 0.4) is 0 Å². The van der Waals surface area contributed by atoms with E-state index < -0.39 is 6.10 Å². The lowest BCUT2D eigenvalue weighted by Gasteiger charge is -2.26. The summed E-state index contributed by atoms with van der Waals surface area (Å²) in [4.78, 5) is 12.8. The molecule has 1 N–H and O–H groups in total. The monoisotopic (exact) mass is 279 g/mol. The van der Waals surface area contributed by atoms with Gasteiger partial charge in [-0.15, -0.1) is 11.3 Å². The first-order chi connectivity index (χ1) is 8.75. The van der Waals surface area contributed by atoms with E-state index in [0.29, 0.717) is 22.2 Å². The SMILES string of the molecule is O=C(c1sccc1Cl)C1CNc2ccccc2O1. The van der Waals surface area contributed by atoms with Gasteiger partial charge in [-0.25, -0.2) is 0 Å². The van der Waals surface area contributed by atoms with Crippen molar-refractivity contribution in [3.8, 4) is 5.75 Å². The minimum atomic E-state index is -0.518. The largest absolute Gasteiger partial charge is 0.478 e. The van der Waals surface area contributed by atoms with Gasteiger partial charge in [-0.2, -0.15) is 0 Å². The van der Waals surface area contributed by atoms with E-state index in [1.54, 1.807) is 11.4 Å². The van der Waals surface area contributed by atoms with Crippen molar-refractivity contribution in [3.05, 3.63) is 45.6 Å². The molecule has 0 radical (unpaired) electrons. The zero-order valence-corrected chi connectivity index (χ0v) is 10.9. The summed E-state index contributed by atoms with van der Waals surface area (Å²) in [7, 11) is 0. The Morgan fingerprint density at radius 2 is 2.22 bits per heavy atom. The normalized spacial score (nSPS) is 17.5. The van der Waals surface area contributed by atoms with E-state index in [2.05, 4.69) is 5.32 Å². The Morgan fingerprint density at radius 1 is 1.39 bits per heavy atom.